The van der Waals surface area contributed by atoms with Gasteiger partial charge in [0.05, 0.1) is 0 Å². The summed E-state index contributed by atoms with van der Waals surface area (Å²) in [6.45, 7) is 18.6. The molecular weight excluding hydrogens is 531 g/mol. The Morgan fingerprint density at radius 3 is 1.33 bits per heavy atom. The van der Waals surface area contributed by atoms with Crippen molar-refractivity contribution >= 4 is 49.7 Å². The van der Waals surface area contributed by atoms with Crippen molar-refractivity contribution < 1.29 is 0 Å². The van der Waals surface area contributed by atoms with Crippen LogP contribution in [0.25, 0.3) is 0 Å². The topological polar surface area (TPSA) is 3.24 Å². The molecule has 39 heavy (non-hydrogen) atoms. The zero-order valence-corrected chi connectivity index (χ0v) is 28.3. The van der Waals surface area contributed by atoms with Gasteiger partial charge in [0, 0.05) is 33.8 Å². The molecule has 4 heteroatoms. The summed E-state index contributed by atoms with van der Waals surface area (Å²) in [6.07, 6.45) is 0. The first-order chi connectivity index (χ1) is 18.9. The van der Waals surface area contributed by atoms with Gasteiger partial charge in [-0.2, -0.15) is 0 Å². The Balaban J connectivity index is 2.14. The van der Waals surface area contributed by atoms with Gasteiger partial charge in [-0.25, -0.2) is 0 Å². The second kappa shape index (κ2) is 16.1. The minimum absolute atomic E-state index is 0.445. The number of benzene rings is 3. The van der Waals surface area contributed by atoms with Gasteiger partial charge in [-0.05, 0) is 136 Å². The standard InChI is InChI=1S/C35H52NS3/c1-9-37(10-2)25-30-16-15-17-33(22-30)36(34-20-18-28(7)31(23-34)26-38(11-3)12-4)35-21-19-29(8)32(24-35)27-39(13-5)14-6/h15-24H,9-14,25-27H2,1-8H3/q+3. The largest absolute Gasteiger partial charge is 0.310 e. The van der Waals surface area contributed by atoms with E-state index < -0.39 is 0 Å². The van der Waals surface area contributed by atoms with Gasteiger partial charge in [-0.3, -0.25) is 0 Å². The molecule has 0 bridgehead atoms. The molecule has 0 aliphatic heterocycles. The van der Waals surface area contributed by atoms with Crippen LogP contribution in [0.2, 0.25) is 0 Å². The Morgan fingerprint density at radius 2 is 0.897 bits per heavy atom. The molecular formula is C35H52NS3+3. The SMILES string of the molecule is CC[S+](CC)Cc1cccc(N(c2ccc(C)c(C[S+](CC)CC)c2)c2ccc(C)c(C[S+](CC)CC)c2)c1. The molecule has 0 spiro atoms. The normalized spacial score (nSPS) is 11.7. The van der Waals surface area contributed by atoms with Crippen LogP contribution in [-0.4, -0.2) is 34.5 Å². The second-order valence-corrected chi connectivity index (χ2v) is 18.2. The molecule has 0 atom stereocenters. The van der Waals surface area contributed by atoms with Crippen LogP contribution >= 0.6 is 0 Å². The fourth-order valence-corrected chi connectivity index (χ4v) is 9.64. The molecule has 3 aromatic rings. The van der Waals surface area contributed by atoms with Gasteiger partial charge < -0.3 is 4.90 Å². The average molecular weight is 583 g/mol. The lowest BCUT2D eigenvalue weighted by atomic mass is 10.0. The predicted octanol–water partition coefficient (Wildman–Crippen LogP) is 9.25. The van der Waals surface area contributed by atoms with E-state index in [0.29, 0.717) is 32.7 Å². The number of anilines is 3. The Kier molecular flexibility index (Phi) is 13.2. The minimum Gasteiger partial charge on any atom is -0.310 e. The third-order valence-electron chi connectivity index (χ3n) is 7.89. The molecule has 212 valence electrons. The van der Waals surface area contributed by atoms with Crippen LogP contribution in [0.4, 0.5) is 17.1 Å². The summed E-state index contributed by atoms with van der Waals surface area (Å²) in [7, 11) is 1.34. The number of nitrogens with zero attached hydrogens (tertiary/aromatic N) is 1. The number of hydrogen-bond donors (Lipinski definition) is 0. The summed E-state index contributed by atoms with van der Waals surface area (Å²) in [5.74, 6) is 11.1. The number of rotatable bonds is 15. The van der Waals surface area contributed by atoms with E-state index in [1.165, 1.54) is 96.7 Å². The molecule has 0 saturated heterocycles. The van der Waals surface area contributed by atoms with E-state index >= 15 is 0 Å². The number of aryl methyl sites for hydroxylation is 2. The fraction of sp³-hybridized carbons (Fsp3) is 0.486. The lowest BCUT2D eigenvalue weighted by Gasteiger charge is -2.27. The smallest absolute Gasteiger partial charge is 0.133 e. The predicted molar refractivity (Wildman–Crippen MR) is 187 cm³/mol. The third kappa shape index (κ3) is 8.75. The summed E-state index contributed by atoms with van der Waals surface area (Å²) >= 11 is 0. The first-order valence-electron chi connectivity index (χ1n) is 14.9. The lowest BCUT2D eigenvalue weighted by Crippen LogP contribution is -2.16. The van der Waals surface area contributed by atoms with Gasteiger partial charge in [0.2, 0.25) is 0 Å². The van der Waals surface area contributed by atoms with E-state index in [1.807, 2.05) is 0 Å². The lowest BCUT2D eigenvalue weighted by molar-refractivity contribution is 1.20. The van der Waals surface area contributed by atoms with E-state index in [9.17, 15) is 0 Å². The van der Waals surface area contributed by atoms with Crippen molar-refractivity contribution in [3.8, 4) is 0 Å². The average Bonchev–Trinajstić information content (AvgIpc) is 2.96. The van der Waals surface area contributed by atoms with Crippen LogP contribution in [0.15, 0.2) is 60.7 Å². The molecule has 0 fully saturated rings. The second-order valence-electron chi connectivity index (χ2n) is 10.2. The Bertz CT molecular complexity index is 1100. The summed E-state index contributed by atoms with van der Waals surface area (Å²) in [4.78, 5) is 2.53. The minimum atomic E-state index is 0.445. The highest BCUT2D eigenvalue weighted by atomic mass is 32.2. The van der Waals surface area contributed by atoms with Crippen LogP contribution in [0.5, 0.6) is 0 Å². The van der Waals surface area contributed by atoms with Gasteiger partial charge >= 0.3 is 0 Å². The van der Waals surface area contributed by atoms with Crippen LogP contribution < -0.4 is 4.90 Å². The van der Waals surface area contributed by atoms with Gasteiger partial charge in [0.15, 0.2) is 0 Å². The zero-order valence-electron chi connectivity index (χ0n) is 25.8. The van der Waals surface area contributed by atoms with Crippen molar-refractivity contribution in [1.29, 1.82) is 0 Å². The van der Waals surface area contributed by atoms with Crippen molar-refractivity contribution in [2.75, 3.05) is 39.4 Å². The quantitative estimate of drug-likeness (QED) is 0.161. The Morgan fingerprint density at radius 1 is 0.487 bits per heavy atom. The van der Waals surface area contributed by atoms with E-state index in [0.717, 1.165) is 0 Å². The van der Waals surface area contributed by atoms with Crippen LogP contribution in [-0.2, 0) is 49.9 Å². The van der Waals surface area contributed by atoms with Gasteiger partial charge in [0.1, 0.15) is 51.8 Å². The van der Waals surface area contributed by atoms with Crippen LogP contribution in [0.3, 0.4) is 0 Å². The highest BCUT2D eigenvalue weighted by Gasteiger charge is 2.22. The Labute approximate surface area is 249 Å². The maximum Gasteiger partial charge on any atom is 0.133 e. The molecule has 3 aromatic carbocycles. The zero-order chi connectivity index (χ0) is 28.4. The molecule has 0 aromatic heterocycles. The van der Waals surface area contributed by atoms with Crippen molar-refractivity contribution in [1.82, 2.24) is 0 Å². The fourth-order valence-electron chi connectivity index (χ4n) is 5.04. The van der Waals surface area contributed by atoms with Crippen molar-refractivity contribution in [2.45, 2.75) is 72.6 Å². The van der Waals surface area contributed by atoms with E-state index in [-0.39, 0.29) is 0 Å². The molecule has 0 N–H and O–H groups in total. The summed E-state index contributed by atoms with van der Waals surface area (Å²) in [6, 6.07) is 23.7. The van der Waals surface area contributed by atoms with E-state index in [2.05, 4.69) is 121 Å². The molecule has 0 heterocycles. The molecule has 0 amide bonds. The Hall–Kier alpha value is -1.49. The van der Waals surface area contributed by atoms with Crippen LogP contribution in [0, 0.1) is 13.8 Å². The first kappa shape index (κ1) is 32.0. The van der Waals surface area contributed by atoms with Gasteiger partial charge in [-0.1, -0.05) is 24.3 Å². The monoisotopic (exact) mass is 582 g/mol. The highest BCUT2D eigenvalue weighted by Crippen LogP contribution is 2.37. The molecule has 0 aliphatic carbocycles. The van der Waals surface area contributed by atoms with Crippen molar-refractivity contribution in [3.63, 3.8) is 0 Å². The van der Waals surface area contributed by atoms with Gasteiger partial charge in [0.25, 0.3) is 0 Å². The highest BCUT2D eigenvalue weighted by molar-refractivity contribution is 7.96. The first-order valence-corrected chi connectivity index (χ1v) is 20.1. The van der Waals surface area contributed by atoms with E-state index in [4.69, 9.17) is 0 Å². The number of hydrogen-bond acceptors (Lipinski definition) is 1. The van der Waals surface area contributed by atoms with Crippen molar-refractivity contribution in [3.05, 3.63) is 88.5 Å². The van der Waals surface area contributed by atoms with Crippen molar-refractivity contribution in [2.24, 2.45) is 0 Å². The molecule has 0 saturated carbocycles. The maximum absolute atomic E-state index is 2.53. The molecule has 3 rings (SSSR count). The molecule has 0 aliphatic rings. The molecule has 1 nitrogen and oxygen atoms in total. The summed E-state index contributed by atoms with van der Waals surface area (Å²) < 4.78 is 0. The maximum atomic E-state index is 2.53. The summed E-state index contributed by atoms with van der Waals surface area (Å²) in [5.41, 5.74) is 11.2. The summed E-state index contributed by atoms with van der Waals surface area (Å²) in [5, 5.41) is 0. The third-order valence-corrected chi connectivity index (χ3v) is 15.0. The molecule has 0 radical (unpaired) electrons. The van der Waals surface area contributed by atoms with Crippen LogP contribution in [0.1, 0.15) is 69.4 Å². The van der Waals surface area contributed by atoms with E-state index in [1.54, 1.807) is 0 Å². The van der Waals surface area contributed by atoms with Gasteiger partial charge in [-0.15, -0.1) is 0 Å². The molecule has 0 unspecified atom stereocenters.